The van der Waals surface area contributed by atoms with Crippen LogP contribution in [0.25, 0.3) is 0 Å². The number of aliphatic hydroxyl groups excluding tert-OH is 1. The smallest absolute Gasteiger partial charge is 0.0818 e. The van der Waals surface area contributed by atoms with Gasteiger partial charge in [0.05, 0.1) is 6.10 Å². The molecule has 0 radical (unpaired) electrons. The van der Waals surface area contributed by atoms with E-state index in [1.807, 2.05) is 12.1 Å². The Hall–Kier alpha value is -0.860. The molecular weight excluding hydrogens is 186 g/mol. The molecule has 0 heterocycles. The maximum absolute atomic E-state index is 10.1. The average molecular weight is 205 g/mol. The summed E-state index contributed by atoms with van der Waals surface area (Å²) in [6.45, 7) is 0.670. The molecule has 15 heavy (non-hydrogen) atoms. The molecule has 1 atom stereocenters. The first-order chi connectivity index (χ1) is 7.31. The number of rotatable bonds is 4. The van der Waals surface area contributed by atoms with E-state index in [1.54, 1.807) is 0 Å². The molecule has 1 aliphatic carbocycles. The van der Waals surface area contributed by atoms with Gasteiger partial charge in [0, 0.05) is 0 Å². The predicted molar refractivity (Wildman–Crippen MR) is 61.5 cm³/mol. The quantitative estimate of drug-likeness (QED) is 0.790. The highest BCUT2D eigenvalue weighted by Crippen LogP contribution is 2.37. The van der Waals surface area contributed by atoms with Gasteiger partial charge < -0.3 is 10.8 Å². The Bertz CT molecular complexity index is 320. The standard InChI is InChI=1S/C13H19NO/c14-8-7-10-3-1-6-12(9-10)13(15)11-4-2-5-11/h1,3,6,9,11,13,15H,2,4-5,7-8,14H2. The van der Waals surface area contributed by atoms with Crippen molar-refractivity contribution < 1.29 is 5.11 Å². The molecule has 0 saturated heterocycles. The molecule has 2 rings (SSSR count). The largest absolute Gasteiger partial charge is 0.388 e. The Kier molecular flexibility index (Phi) is 3.39. The van der Waals surface area contributed by atoms with Crippen molar-refractivity contribution in [2.24, 2.45) is 11.7 Å². The van der Waals surface area contributed by atoms with Crippen LogP contribution in [0, 0.1) is 5.92 Å². The van der Waals surface area contributed by atoms with Gasteiger partial charge in [0.1, 0.15) is 0 Å². The van der Waals surface area contributed by atoms with Crippen LogP contribution in [0.3, 0.4) is 0 Å². The molecule has 1 aromatic carbocycles. The maximum Gasteiger partial charge on any atom is 0.0818 e. The second kappa shape index (κ2) is 4.77. The summed E-state index contributed by atoms with van der Waals surface area (Å²) in [5.74, 6) is 0.484. The van der Waals surface area contributed by atoms with E-state index in [0.717, 1.165) is 12.0 Å². The van der Waals surface area contributed by atoms with Crippen LogP contribution in [-0.4, -0.2) is 11.7 Å². The molecule has 2 nitrogen and oxygen atoms in total. The fourth-order valence-corrected chi connectivity index (χ4v) is 2.13. The van der Waals surface area contributed by atoms with Gasteiger partial charge >= 0.3 is 0 Å². The predicted octanol–water partition coefficient (Wildman–Crippen LogP) is 2.02. The number of nitrogens with two attached hydrogens (primary N) is 1. The highest BCUT2D eigenvalue weighted by Gasteiger charge is 2.26. The zero-order valence-electron chi connectivity index (χ0n) is 9.02. The van der Waals surface area contributed by atoms with Crippen molar-refractivity contribution in [3.8, 4) is 0 Å². The van der Waals surface area contributed by atoms with Crippen LogP contribution in [0.5, 0.6) is 0 Å². The summed E-state index contributed by atoms with van der Waals surface area (Å²) in [7, 11) is 0. The molecule has 2 heteroatoms. The van der Waals surface area contributed by atoms with E-state index in [-0.39, 0.29) is 6.10 Å². The van der Waals surface area contributed by atoms with Gasteiger partial charge in [-0.2, -0.15) is 0 Å². The van der Waals surface area contributed by atoms with Crippen LogP contribution >= 0.6 is 0 Å². The van der Waals surface area contributed by atoms with Gasteiger partial charge in [-0.3, -0.25) is 0 Å². The average Bonchev–Trinajstić information content (AvgIpc) is 2.16. The molecule has 1 unspecified atom stereocenters. The molecular formula is C13H19NO. The van der Waals surface area contributed by atoms with Gasteiger partial charge in [0.15, 0.2) is 0 Å². The third-order valence-corrected chi connectivity index (χ3v) is 3.32. The Morgan fingerprint density at radius 2 is 2.20 bits per heavy atom. The minimum atomic E-state index is -0.267. The number of hydrogen-bond donors (Lipinski definition) is 2. The Balaban J connectivity index is 2.09. The second-order valence-corrected chi connectivity index (χ2v) is 4.42. The van der Waals surface area contributed by atoms with Gasteiger partial charge in [0.2, 0.25) is 0 Å². The van der Waals surface area contributed by atoms with Crippen molar-refractivity contribution in [2.45, 2.75) is 31.8 Å². The number of hydrogen-bond acceptors (Lipinski definition) is 2. The first kappa shape index (κ1) is 10.7. The summed E-state index contributed by atoms with van der Waals surface area (Å²) in [6, 6.07) is 8.20. The van der Waals surface area contributed by atoms with E-state index >= 15 is 0 Å². The third kappa shape index (κ3) is 2.39. The SMILES string of the molecule is NCCc1cccc(C(O)C2CCC2)c1. The summed E-state index contributed by atoms with van der Waals surface area (Å²) in [6.07, 6.45) is 4.23. The zero-order chi connectivity index (χ0) is 10.7. The number of benzene rings is 1. The molecule has 1 saturated carbocycles. The van der Waals surface area contributed by atoms with Crippen LogP contribution in [0.4, 0.5) is 0 Å². The van der Waals surface area contributed by atoms with E-state index in [2.05, 4.69) is 12.1 Å². The van der Waals surface area contributed by atoms with E-state index < -0.39 is 0 Å². The topological polar surface area (TPSA) is 46.2 Å². The number of aliphatic hydroxyl groups is 1. The lowest BCUT2D eigenvalue weighted by atomic mass is 9.78. The zero-order valence-corrected chi connectivity index (χ0v) is 9.02. The summed E-state index contributed by atoms with van der Waals surface area (Å²) < 4.78 is 0. The van der Waals surface area contributed by atoms with Crippen LogP contribution < -0.4 is 5.73 Å². The van der Waals surface area contributed by atoms with Crippen molar-refractivity contribution in [3.63, 3.8) is 0 Å². The molecule has 1 aliphatic rings. The molecule has 0 spiro atoms. The van der Waals surface area contributed by atoms with Gasteiger partial charge in [-0.05, 0) is 42.9 Å². The fourth-order valence-electron chi connectivity index (χ4n) is 2.13. The van der Waals surface area contributed by atoms with Gasteiger partial charge in [-0.1, -0.05) is 30.7 Å². The van der Waals surface area contributed by atoms with Gasteiger partial charge in [-0.25, -0.2) is 0 Å². The first-order valence-corrected chi connectivity index (χ1v) is 5.78. The molecule has 82 valence electrons. The van der Waals surface area contributed by atoms with E-state index in [4.69, 9.17) is 5.73 Å². The summed E-state index contributed by atoms with van der Waals surface area (Å²) >= 11 is 0. The normalized spacial score (nSPS) is 18.5. The molecule has 0 aromatic heterocycles. The van der Waals surface area contributed by atoms with Crippen molar-refractivity contribution >= 4 is 0 Å². The highest BCUT2D eigenvalue weighted by molar-refractivity contribution is 5.26. The minimum absolute atomic E-state index is 0.267. The molecule has 1 aromatic rings. The molecule has 0 bridgehead atoms. The molecule has 1 fully saturated rings. The van der Waals surface area contributed by atoms with Crippen LogP contribution in [-0.2, 0) is 6.42 Å². The lowest BCUT2D eigenvalue weighted by Gasteiger charge is -2.30. The van der Waals surface area contributed by atoms with Gasteiger partial charge in [-0.15, -0.1) is 0 Å². The van der Waals surface area contributed by atoms with Crippen molar-refractivity contribution in [1.82, 2.24) is 0 Å². The Morgan fingerprint density at radius 1 is 1.40 bits per heavy atom. The van der Waals surface area contributed by atoms with Crippen molar-refractivity contribution in [3.05, 3.63) is 35.4 Å². The first-order valence-electron chi connectivity index (χ1n) is 5.78. The third-order valence-electron chi connectivity index (χ3n) is 3.32. The van der Waals surface area contributed by atoms with Crippen LogP contribution in [0.1, 0.15) is 36.5 Å². The highest BCUT2D eigenvalue weighted by atomic mass is 16.3. The minimum Gasteiger partial charge on any atom is -0.388 e. The Labute approximate surface area is 91.1 Å². The maximum atomic E-state index is 10.1. The van der Waals surface area contributed by atoms with Crippen molar-refractivity contribution in [2.75, 3.05) is 6.54 Å². The van der Waals surface area contributed by atoms with E-state index in [0.29, 0.717) is 12.5 Å². The summed E-state index contributed by atoms with van der Waals surface area (Å²) in [5.41, 5.74) is 7.81. The lowest BCUT2D eigenvalue weighted by molar-refractivity contribution is 0.0620. The lowest BCUT2D eigenvalue weighted by Crippen LogP contribution is -2.20. The van der Waals surface area contributed by atoms with E-state index in [1.165, 1.54) is 24.8 Å². The van der Waals surface area contributed by atoms with Gasteiger partial charge in [0.25, 0.3) is 0 Å². The monoisotopic (exact) mass is 205 g/mol. The van der Waals surface area contributed by atoms with Crippen LogP contribution in [0.15, 0.2) is 24.3 Å². The van der Waals surface area contributed by atoms with Crippen LogP contribution in [0.2, 0.25) is 0 Å². The molecule has 0 aliphatic heterocycles. The summed E-state index contributed by atoms with van der Waals surface area (Å²) in [5, 5.41) is 10.1. The molecule has 3 N–H and O–H groups in total. The Morgan fingerprint density at radius 3 is 2.80 bits per heavy atom. The summed E-state index contributed by atoms with van der Waals surface area (Å²) in [4.78, 5) is 0. The van der Waals surface area contributed by atoms with E-state index in [9.17, 15) is 5.11 Å². The second-order valence-electron chi connectivity index (χ2n) is 4.42. The van der Waals surface area contributed by atoms with Crippen molar-refractivity contribution in [1.29, 1.82) is 0 Å². The fraction of sp³-hybridized carbons (Fsp3) is 0.538. The molecule has 0 amide bonds.